The maximum atomic E-state index is 4.32. The summed E-state index contributed by atoms with van der Waals surface area (Å²) in [5.74, 6) is 0. The van der Waals surface area contributed by atoms with Gasteiger partial charge in [-0.3, -0.25) is 4.99 Å². The average molecular weight is 218 g/mol. The molecule has 0 amide bonds. The first-order valence-electron chi connectivity index (χ1n) is 5.95. The van der Waals surface area contributed by atoms with Gasteiger partial charge in [0.1, 0.15) is 0 Å². The topological polar surface area (TPSA) is 24.4 Å². The summed E-state index contributed by atoms with van der Waals surface area (Å²) in [5.41, 5.74) is 3.70. The normalized spacial score (nSPS) is 11.6. The summed E-state index contributed by atoms with van der Waals surface area (Å²) < 4.78 is 0. The van der Waals surface area contributed by atoms with Gasteiger partial charge in [-0.2, -0.15) is 0 Å². The number of benzene rings is 1. The first kappa shape index (κ1) is 12.9. The Morgan fingerprint density at radius 2 is 2.12 bits per heavy atom. The molecule has 0 atom stereocenters. The fraction of sp³-hybridized carbons (Fsp3) is 0.500. The fourth-order valence-electron chi connectivity index (χ4n) is 1.66. The molecule has 1 N–H and O–H groups in total. The maximum absolute atomic E-state index is 4.32. The SMILES string of the molecule is C/C=N\c1ccc(CCNC(C)C)cc1C. The quantitative estimate of drug-likeness (QED) is 0.754. The standard InChI is InChI=1S/C14H22N2/c1-5-15-14-7-6-13(10-12(14)4)8-9-16-11(2)3/h5-7,10-11,16H,8-9H2,1-4H3/b15-5-. The van der Waals surface area contributed by atoms with Crippen LogP contribution in [0.25, 0.3) is 0 Å². The van der Waals surface area contributed by atoms with E-state index in [0.29, 0.717) is 6.04 Å². The van der Waals surface area contributed by atoms with Gasteiger partial charge in [0, 0.05) is 12.3 Å². The van der Waals surface area contributed by atoms with Crippen LogP contribution in [0.15, 0.2) is 23.2 Å². The number of nitrogens with one attached hydrogen (secondary N) is 1. The van der Waals surface area contributed by atoms with Gasteiger partial charge in [0.05, 0.1) is 5.69 Å². The molecule has 2 nitrogen and oxygen atoms in total. The van der Waals surface area contributed by atoms with Gasteiger partial charge in [-0.05, 0) is 44.0 Å². The van der Waals surface area contributed by atoms with Crippen molar-refractivity contribution in [2.75, 3.05) is 6.54 Å². The molecular formula is C14H22N2. The van der Waals surface area contributed by atoms with Crippen molar-refractivity contribution in [3.05, 3.63) is 29.3 Å². The summed E-state index contributed by atoms with van der Waals surface area (Å²) in [6.45, 7) is 9.43. The van der Waals surface area contributed by atoms with E-state index >= 15 is 0 Å². The van der Waals surface area contributed by atoms with E-state index < -0.39 is 0 Å². The van der Waals surface area contributed by atoms with Gasteiger partial charge < -0.3 is 5.32 Å². The minimum absolute atomic E-state index is 0.560. The summed E-state index contributed by atoms with van der Waals surface area (Å²) in [6, 6.07) is 7.05. The molecule has 0 bridgehead atoms. The average Bonchev–Trinajstić information content (AvgIpc) is 2.21. The van der Waals surface area contributed by atoms with Gasteiger partial charge in [0.15, 0.2) is 0 Å². The van der Waals surface area contributed by atoms with Crippen LogP contribution < -0.4 is 5.32 Å². The molecule has 0 aliphatic rings. The molecule has 2 heteroatoms. The lowest BCUT2D eigenvalue weighted by Crippen LogP contribution is -2.24. The van der Waals surface area contributed by atoms with E-state index in [-0.39, 0.29) is 0 Å². The van der Waals surface area contributed by atoms with Crippen LogP contribution in [0.5, 0.6) is 0 Å². The zero-order valence-corrected chi connectivity index (χ0v) is 10.7. The molecule has 0 aliphatic heterocycles. The third kappa shape index (κ3) is 4.15. The van der Waals surface area contributed by atoms with Crippen molar-refractivity contribution in [3.63, 3.8) is 0 Å². The van der Waals surface area contributed by atoms with Crippen molar-refractivity contribution >= 4 is 11.9 Å². The first-order valence-corrected chi connectivity index (χ1v) is 5.95. The maximum Gasteiger partial charge on any atom is 0.0654 e. The lowest BCUT2D eigenvalue weighted by molar-refractivity contribution is 0.590. The van der Waals surface area contributed by atoms with Gasteiger partial charge >= 0.3 is 0 Å². The highest BCUT2D eigenvalue weighted by molar-refractivity contribution is 5.62. The van der Waals surface area contributed by atoms with E-state index in [1.165, 1.54) is 11.1 Å². The van der Waals surface area contributed by atoms with Crippen molar-refractivity contribution in [1.82, 2.24) is 5.32 Å². The molecule has 0 heterocycles. The van der Waals surface area contributed by atoms with Crippen molar-refractivity contribution < 1.29 is 0 Å². The van der Waals surface area contributed by atoms with E-state index in [0.717, 1.165) is 18.7 Å². The number of rotatable bonds is 5. The van der Waals surface area contributed by atoms with Crippen LogP contribution in [0.2, 0.25) is 0 Å². The molecule has 1 rings (SSSR count). The van der Waals surface area contributed by atoms with E-state index in [2.05, 4.69) is 49.3 Å². The van der Waals surface area contributed by atoms with E-state index in [1.807, 2.05) is 13.1 Å². The smallest absolute Gasteiger partial charge is 0.0654 e. The second-order valence-electron chi connectivity index (χ2n) is 4.37. The van der Waals surface area contributed by atoms with Crippen LogP contribution in [-0.4, -0.2) is 18.8 Å². The highest BCUT2D eigenvalue weighted by Crippen LogP contribution is 2.19. The molecule has 0 aromatic heterocycles. The van der Waals surface area contributed by atoms with Crippen molar-refractivity contribution in [2.45, 2.75) is 40.2 Å². The van der Waals surface area contributed by atoms with Crippen LogP contribution in [0, 0.1) is 6.92 Å². The van der Waals surface area contributed by atoms with Crippen LogP contribution in [0.4, 0.5) is 5.69 Å². The summed E-state index contributed by atoms with van der Waals surface area (Å²) >= 11 is 0. The number of aryl methyl sites for hydroxylation is 1. The minimum atomic E-state index is 0.560. The first-order chi connectivity index (χ1) is 7.63. The predicted octanol–water partition coefficient (Wildman–Crippen LogP) is 3.26. The van der Waals surface area contributed by atoms with Crippen molar-refractivity contribution in [3.8, 4) is 0 Å². The van der Waals surface area contributed by atoms with Gasteiger partial charge in [-0.1, -0.05) is 26.0 Å². The highest BCUT2D eigenvalue weighted by Gasteiger charge is 1.99. The van der Waals surface area contributed by atoms with Gasteiger partial charge in [-0.15, -0.1) is 0 Å². The molecule has 88 valence electrons. The Morgan fingerprint density at radius 1 is 1.38 bits per heavy atom. The third-order valence-electron chi connectivity index (χ3n) is 2.50. The Bertz CT molecular complexity index is 354. The zero-order chi connectivity index (χ0) is 12.0. The van der Waals surface area contributed by atoms with Crippen LogP contribution in [0.3, 0.4) is 0 Å². The molecule has 16 heavy (non-hydrogen) atoms. The summed E-state index contributed by atoms with van der Waals surface area (Å²) in [5, 5.41) is 3.42. The fourth-order valence-corrected chi connectivity index (χ4v) is 1.66. The molecule has 0 aliphatic carbocycles. The lowest BCUT2D eigenvalue weighted by atomic mass is 10.1. The van der Waals surface area contributed by atoms with Crippen molar-refractivity contribution in [1.29, 1.82) is 0 Å². The van der Waals surface area contributed by atoms with E-state index in [4.69, 9.17) is 0 Å². The van der Waals surface area contributed by atoms with Crippen LogP contribution in [-0.2, 0) is 6.42 Å². The Balaban J connectivity index is 2.59. The van der Waals surface area contributed by atoms with Crippen LogP contribution >= 0.6 is 0 Å². The minimum Gasteiger partial charge on any atom is -0.314 e. The molecule has 0 spiro atoms. The zero-order valence-electron chi connectivity index (χ0n) is 10.7. The Labute approximate surface area is 98.8 Å². The molecular weight excluding hydrogens is 196 g/mol. The molecule has 1 aromatic rings. The Morgan fingerprint density at radius 3 is 2.69 bits per heavy atom. The largest absolute Gasteiger partial charge is 0.314 e. The second-order valence-corrected chi connectivity index (χ2v) is 4.37. The van der Waals surface area contributed by atoms with Gasteiger partial charge in [0.25, 0.3) is 0 Å². The monoisotopic (exact) mass is 218 g/mol. The number of nitrogens with zero attached hydrogens (tertiary/aromatic N) is 1. The number of aliphatic imine (C=N–C) groups is 1. The van der Waals surface area contributed by atoms with Crippen LogP contribution in [0.1, 0.15) is 31.9 Å². The Kier molecular flexibility index (Phi) is 5.20. The predicted molar refractivity (Wildman–Crippen MR) is 71.8 cm³/mol. The number of hydrogen-bond donors (Lipinski definition) is 1. The molecule has 0 saturated carbocycles. The summed E-state index contributed by atoms with van der Waals surface area (Å²) in [7, 11) is 0. The number of hydrogen-bond acceptors (Lipinski definition) is 2. The molecule has 1 aromatic carbocycles. The van der Waals surface area contributed by atoms with Gasteiger partial charge in [0.2, 0.25) is 0 Å². The molecule has 0 saturated heterocycles. The molecule has 0 radical (unpaired) electrons. The summed E-state index contributed by atoms with van der Waals surface area (Å²) in [6.07, 6.45) is 2.91. The third-order valence-corrected chi connectivity index (χ3v) is 2.50. The second kappa shape index (κ2) is 6.44. The molecule has 0 fully saturated rings. The highest BCUT2D eigenvalue weighted by atomic mass is 14.9. The Hall–Kier alpha value is -1.15. The lowest BCUT2D eigenvalue weighted by Gasteiger charge is -2.09. The molecule has 0 unspecified atom stereocenters. The van der Waals surface area contributed by atoms with Gasteiger partial charge in [-0.25, -0.2) is 0 Å². The summed E-state index contributed by atoms with van der Waals surface area (Å²) in [4.78, 5) is 4.32. The van der Waals surface area contributed by atoms with Crippen molar-refractivity contribution in [2.24, 2.45) is 4.99 Å². The van der Waals surface area contributed by atoms with E-state index in [9.17, 15) is 0 Å². The van der Waals surface area contributed by atoms with E-state index in [1.54, 1.807) is 0 Å².